The summed E-state index contributed by atoms with van der Waals surface area (Å²) in [4.78, 5) is 23.9. The van der Waals surface area contributed by atoms with Crippen molar-refractivity contribution in [2.75, 3.05) is 13.7 Å². The van der Waals surface area contributed by atoms with E-state index >= 15 is 0 Å². The van der Waals surface area contributed by atoms with Crippen molar-refractivity contribution in [3.63, 3.8) is 0 Å². The highest BCUT2D eigenvalue weighted by Crippen LogP contribution is 2.26. The molecule has 132 valence electrons. The van der Waals surface area contributed by atoms with Crippen LogP contribution in [0.4, 0.5) is 4.79 Å². The molecule has 0 bridgehead atoms. The number of cyclic esters (lactones) is 1. The third-order valence-corrected chi connectivity index (χ3v) is 4.10. The van der Waals surface area contributed by atoms with Gasteiger partial charge in [0.2, 0.25) is 0 Å². The molecule has 1 amide bonds. The number of benzene rings is 1. The highest BCUT2D eigenvalue weighted by atomic mass is 16.6. The molecule has 1 saturated heterocycles. The van der Waals surface area contributed by atoms with E-state index in [9.17, 15) is 9.59 Å². The SMILES string of the molecule is COC[C@@H]1C[C@@H]([C@@H](NC(=O)OCc2ccccc2)C(C)C)OC1=O. The van der Waals surface area contributed by atoms with Gasteiger partial charge in [-0.25, -0.2) is 4.79 Å². The minimum atomic E-state index is -0.510. The molecule has 1 aliphatic heterocycles. The Bertz CT molecular complexity index is 546. The molecule has 1 aromatic rings. The molecule has 0 saturated carbocycles. The molecule has 0 spiro atoms. The molecule has 0 radical (unpaired) electrons. The van der Waals surface area contributed by atoms with Crippen LogP contribution in [0.3, 0.4) is 0 Å². The quantitative estimate of drug-likeness (QED) is 0.775. The van der Waals surface area contributed by atoms with Crippen molar-refractivity contribution in [2.45, 2.75) is 39.0 Å². The number of carbonyl (C=O) groups excluding carboxylic acids is 2. The van der Waals surface area contributed by atoms with E-state index in [2.05, 4.69) is 5.32 Å². The monoisotopic (exact) mass is 335 g/mol. The second-order valence-electron chi connectivity index (χ2n) is 6.34. The van der Waals surface area contributed by atoms with Gasteiger partial charge in [-0.2, -0.15) is 0 Å². The van der Waals surface area contributed by atoms with Gasteiger partial charge in [0.15, 0.2) is 0 Å². The fourth-order valence-electron chi connectivity index (χ4n) is 2.82. The van der Waals surface area contributed by atoms with Crippen LogP contribution in [0.2, 0.25) is 0 Å². The number of alkyl carbamates (subject to hydrolysis) is 1. The van der Waals surface area contributed by atoms with Crippen molar-refractivity contribution in [3.05, 3.63) is 35.9 Å². The average molecular weight is 335 g/mol. The molecule has 0 aliphatic carbocycles. The smallest absolute Gasteiger partial charge is 0.407 e. The minimum Gasteiger partial charge on any atom is -0.460 e. The number of hydrogen-bond acceptors (Lipinski definition) is 5. The van der Waals surface area contributed by atoms with Gasteiger partial charge in [0, 0.05) is 13.5 Å². The Kier molecular flexibility index (Phi) is 6.61. The van der Waals surface area contributed by atoms with Gasteiger partial charge in [-0.1, -0.05) is 44.2 Å². The molecule has 6 heteroatoms. The Morgan fingerprint density at radius 1 is 1.33 bits per heavy atom. The standard InChI is InChI=1S/C18H25NO5/c1-12(2)16(15-9-14(11-22-3)17(20)24-15)19-18(21)23-10-13-7-5-4-6-8-13/h4-8,12,14-16H,9-11H2,1-3H3,(H,19,21)/t14-,15-,16-/m0/s1. The minimum absolute atomic E-state index is 0.105. The molecule has 1 aromatic carbocycles. The van der Waals surface area contributed by atoms with Gasteiger partial charge in [-0.05, 0) is 11.5 Å². The lowest BCUT2D eigenvalue weighted by molar-refractivity contribution is -0.146. The first kappa shape index (κ1) is 18.3. The first-order valence-electron chi connectivity index (χ1n) is 8.18. The number of ether oxygens (including phenoxy) is 3. The van der Waals surface area contributed by atoms with Crippen LogP contribution in [0.5, 0.6) is 0 Å². The summed E-state index contributed by atoms with van der Waals surface area (Å²) in [5.74, 6) is -0.441. The third-order valence-electron chi connectivity index (χ3n) is 4.10. The summed E-state index contributed by atoms with van der Waals surface area (Å²) in [7, 11) is 1.56. The number of amides is 1. The Morgan fingerprint density at radius 2 is 2.04 bits per heavy atom. The summed E-state index contributed by atoms with van der Waals surface area (Å²) < 4.78 is 15.7. The van der Waals surface area contributed by atoms with Crippen LogP contribution in [0.15, 0.2) is 30.3 Å². The fourth-order valence-corrected chi connectivity index (χ4v) is 2.82. The highest BCUT2D eigenvalue weighted by Gasteiger charge is 2.40. The summed E-state index contributed by atoms with van der Waals surface area (Å²) in [6.07, 6.45) is -0.334. The first-order chi connectivity index (χ1) is 11.5. The lowest BCUT2D eigenvalue weighted by Gasteiger charge is -2.26. The molecule has 0 unspecified atom stereocenters. The Labute approximate surface area is 142 Å². The third kappa shape index (κ3) is 4.96. The van der Waals surface area contributed by atoms with E-state index in [0.29, 0.717) is 13.0 Å². The van der Waals surface area contributed by atoms with Gasteiger partial charge in [-0.15, -0.1) is 0 Å². The predicted octanol–water partition coefficient (Wildman–Crippen LogP) is 2.52. The molecule has 2 rings (SSSR count). The Balaban J connectivity index is 1.89. The van der Waals surface area contributed by atoms with E-state index in [-0.39, 0.29) is 36.6 Å². The first-order valence-corrected chi connectivity index (χ1v) is 8.18. The van der Waals surface area contributed by atoms with Crippen molar-refractivity contribution < 1.29 is 23.8 Å². The molecular formula is C18H25NO5. The van der Waals surface area contributed by atoms with E-state index in [4.69, 9.17) is 14.2 Å². The number of methoxy groups -OCH3 is 1. The molecular weight excluding hydrogens is 310 g/mol. The summed E-state index contributed by atoms with van der Waals surface area (Å²) in [6, 6.07) is 9.17. The van der Waals surface area contributed by atoms with Crippen LogP contribution >= 0.6 is 0 Å². The van der Waals surface area contributed by atoms with Gasteiger partial charge in [0.25, 0.3) is 0 Å². The van der Waals surface area contributed by atoms with E-state index in [0.717, 1.165) is 5.56 Å². The maximum Gasteiger partial charge on any atom is 0.407 e. The summed E-state index contributed by atoms with van der Waals surface area (Å²) >= 11 is 0. The van der Waals surface area contributed by atoms with Crippen LogP contribution in [-0.2, 0) is 25.6 Å². The molecule has 3 atom stereocenters. The Hall–Kier alpha value is -2.08. The number of nitrogens with one attached hydrogen (secondary N) is 1. The maximum absolute atomic E-state index is 12.1. The second kappa shape index (κ2) is 8.68. The molecule has 0 aromatic heterocycles. The van der Waals surface area contributed by atoms with Crippen LogP contribution in [0, 0.1) is 11.8 Å². The topological polar surface area (TPSA) is 73.9 Å². The van der Waals surface area contributed by atoms with E-state index < -0.39 is 6.09 Å². The van der Waals surface area contributed by atoms with Crippen LogP contribution in [-0.4, -0.2) is 37.9 Å². The molecule has 1 aliphatic rings. The zero-order chi connectivity index (χ0) is 17.5. The van der Waals surface area contributed by atoms with Gasteiger partial charge in [-0.3, -0.25) is 4.79 Å². The molecule has 6 nitrogen and oxygen atoms in total. The highest BCUT2D eigenvalue weighted by molar-refractivity contribution is 5.75. The fraction of sp³-hybridized carbons (Fsp3) is 0.556. The van der Waals surface area contributed by atoms with Gasteiger partial charge in [0.1, 0.15) is 12.7 Å². The van der Waals surface area contributed by atoms with E-state index in [1.165, 1.54) is 0 Å². The summed E-state index contributed by atoms with van der Waals surface area (Å²) in [5, 5.41) is 2.83. The van der Waals surface area contributed by atoms with Crippen LogP contribution in [0.25, 0.3) is 0 Å². The zero-order valence-corrected chi connectivity index (χ0v) is 14.4. The average Bonchev–Trinajstić information content (AvgIpc) is 2.92. The number of esters is 1. The van der Waals surface area contributed by atoms with E-state index in [1.54, 1.807) is 7.11 Å². The van der Waals surface area contributed by atoms with Crippen molar-refractivity contribution >= 4 is 12.1 Å². The van der Waals surface area contributed by atoms with Gasteiger partial charge in [0.05, 0.1) is 18.6 Å². The van der Waals surface area contributed by atoms with Crippen LogP contribution < -0.4 is 5.32 Å². The largest absolute Gasteiger partial charge is 0.460 e. The Morgan fingerprint density at radius 3 is 2.67 bits per heavy atom. The number of rotatable bonds is 7. The van der Waals surface area contributed by atoms with Crippen molar-refractivity contribution in [2.24, 2.45) is 11.8 Å². The van der Waals surface area contributed by atoms with Gasteiger partial charge < -0.3 is 19.5 Å². The zero-order valence-electron chi connectivity index (χ0n) is 14.4. The van der Waals surface area contributed by atoms with Crippen molar-refractivity contribution in [1.82, 2.24) is 5.32 Å². The molecule has 1 heterocycles. The lowest BCUT2D eigenvalue weighted by Crippen LogP contribution is -2.46. The number of carbonyl (C=O) groups is 2. The van der Waals surface area contributed by atoms with Gasteiger partial charge >= 0.3 is 12.1 Å². The van der Waals surface area contributed by atoms with Crippen molar-refractivity contribution in [1.29, 1.82) is 0 Å². The maximum atomic E-state index is 12.1. The molecule has 1 fully saturated rings. The predicted molar refractivity (Wildman–Crippen MR) is 88.3 cm³/mol. The molecule has 1 N–H and O–H groups in total. The summed E-state index contributed by atoms with van der Waals surface area (Å²) in [5.41, 5.74) is 0.918. The lowest BCUT2D eigenvalue weighted by atomic mass is 9.94. The second-order valence-corrected chi connectivity index (χ2v) is 6.34. The molecule has 24 heavy (non-hydrogen) atoms. The van der Waals surface area contributed by atoms with E-state index in [1.807, 2.05) is 44.2 Å². The van der Waals surface area contributed by atoms with Crippen molar-refractivity contribution in [3.8, 4) is 0 Å². The van der Waals surface area contributed by atoms with Crippen LogP contribution in [0.1, 0.15) is 25.8 Å². The number of hydrogen-bond donors (Lipinski definition) is 1. The summed E-state index contributed by atoms with van der Waals surface area (Å²) in [6.45, 7) is 4.48. The normalized spacial score (nSPS) is 21.4.